The van der Waals surface area contributed by atoms with E-state index in [2.05, 4.69) is 15.0 Å². The fraction of sp³-hybridized carbons (Fsp3) is 0.188. The van der Waals surface area contributed by atoms with Crippen molar-refractivity contribution in [3.8, 4) is 16.5 Å². The zero-order valence-electron chi connectivity index (χ0n) is 12.6. The highest BCUT2D eigenvalue weighted by atomic mass is 32.1. The molecule has 0 spiro atoms. The van der Waals surface area contributed by atoms with Crippen molar-refractivity contribution in [1.29, 1.82) is 0 Å². The van der Waals surface area contributed by atoms with Crippen molar-refractivity contribution in [3.05, 3.63) is 53.2 Å². The first kappa shape index (κ1) is 16.4. The third kappa shape index (κ3) is 3.88. The number of nitrogens with zero attached hydrogens (tertiary/aromatic N) is 1. The molecule has 0 amide bonds. The van der Waals surface area contributed by atoms with E-state index in [-0.39, 0.29) is 18.0 Å². The second kappa shape index (κ2) is 6.56. The summed E-state index contributed by atoms with van der Waals surface area (Å²) in [4.78, 5) is 5.28. The summed E-state index contributed by atoms with van der Waals surface area (Å²) >= 11 is 1.50. The molecule has 3 rings (SSSR count). The first-order chi connectivity index (χ1) is 11.4. The number of ether oxygens (including phenoxy) is 1. The molecule has 0 fully saturated rings. The summed E-state index contributed by atoms with van der Waals surface area (Å²) in [6, 6.07) is 9.64. The third-order valence-corrected chi connectivity index (χ3v) is 4.04. The number of thiophene rings is 1. The van der Waals surface area contributed by atoms with Gasteiger partial charge in [-0.25, -0.2) is 4.98 Å². The number of anilines is 1. The Labute approximate surface area is 139 Å². The van der Waals surface area contributed by atoms with E-state index in [1.54, 1.807) is 13.0 Å². The average molecular weight is 354 g/mol. The van der Waals surface area contributed by atoms with Gasteiger partial charge < -0.3 is 14.5 Å². The molecule has 0 aliphatic heterocycles. The molecule has 0 saturated heterocycles. The first-order valence-corrected chi connectivity index (χ1v) is 7.89. The number of hydrogen-bond donors (Lipinski definition) is 1. The molecular formula is C16H13F3N2O2S. The molecule has 1 N–H and O–H groups in total. The fourth-order valence-electron chi connectivity index (χ4n) is 2.10. The zero-order chi connectivity index (χ0) is 17.2. The van der Waals surface area contributed by atoms with Gasteiger partial charge in [0.2, 0.25) is 5.89 Å². The van der Waals surface area contributed by atoms with Crippen LogP contribution in [0.25, 0.3) is 10.8 Å². The molecule has 126 valence electrons. The van der Waals surface area contributed by atoms with Crippen LogP contribution in [0.4, 0.5) is 18.9 Å². The van der Waals surface area contributed by atoms with Crippen LogP contribution < -0.4 is 10.1 Å². The number of alkyl halides is 3. The Kier molecular flexibility index (Phi) is 4.48. The van der Waals surface area contributed by atoms with E-state index in [4.69, 9.17) is 4.42 Å². The number of aryl methyl sites for hydroxylation is 1. The molecule has 8 heteroatoms. The molecule has 2 heterocycles. The van der Waals surface area contributed by atoms with E-state index >= 15 is 0 Å². The van der Waals surface area contributed by atoms with Crippen molar-refractivity contribution < 1.29 is 22.3 Å². The maximum absolute atomic E-state index is 12.4. The van der Waals surface area contributed by atoms with Gasteiger partial charge in [-0.1, -0.05) is 18.2 Å². The van der Waals surface area contributed by atoms with E-state index in [9.17, 15) is 13.2 Å². The Hall–Kier alpha value is -2.48. The van der Waals surface area contributed by atoms with Crippen molar-refractivity contribution in [2.45, 2.75) is 19.8 Å². The highest BCUT2D eigenvalue weighted by molar-refractivity contribution is 7.13. The van der Waals surface area contributed by atoms with Crippen LogP contribution in [-0.2, 0) is 6.54 Å². The molecule has 3 aromatic rings. The normalized spacial score (nSPS) is 11.5. The predicted molar refractivity (Wildman–Crippen MR) is 85.0 cm³/mol. The van der Waals surface area contributed by atoms with E-state index < -0.39 is 6.36 Å². The van der Waals surface area contributed by atoms with Gasteiger partial charge in [0.25, 0.3) is 0 Å². The lowest BCUT2D eigenvalue weighted by Crippen LogP contribution is -2.18. The molecule has 0 radical (unpaired) electrons. The van der Waals surface area contributed by atoms with Crippen LogP contribution in [0.15, 0.2) is 46.2 Å². The minimum absolute atomic E-state index is 0.221. The minimum Gasteiger partial charge on any atom is -0.440 e. The summed E-state index contributed by atoms with van der Waals surface area (Å²) in [5.74, 6) is 0.823. The van der Waals surface area contributed by atoms with Crippen LogP contribution in [0.3, 0.4) is 0 Å². The van der Waals surface area contributed by atoms with E-state index in [0.29, 0.717) is 17.3 Å². The molecule has 0 atom stereocenters. The highest BCUT2D eigenvalue weighted by Gasteiger charge is 2.32. The number of para-hydroxylation sites is 2. The SMILES string of the molecule is Cc1oc(-c2cccs2)nc1CNc1ccccc1OC(F)(F)F. The van der Waals surface area contributed by atoms with Gasteiger partial charge in [0, 0.05) is 0 Å². The average Bonchev–Trinajstić information content (AvgIpc) is 3.14. The van der Waals surface area contributed by atoms with Gasteiger partial charge in [-0.05, 0) is 30.5 Å². The van der Waals surface area contributed by atoms with E-state index in [0.717, 1.165) is 4.88 Å². The molecule has 0 aliphatic carbocycles. The third-order valence-electron chi connectivity index (χ3n) is 3.18. The number of oxazole rings is 1. The first-order valence-electron chi connectivity index (χ1n) is 7.01. The largest absolute Gasteiger partial charge is 0.573 e. The highest BCUT2D eigenvalue weighted by Crippen LogP contribution is 2.31. The van der Waals surface area contributed by atoms with Gasteiger partial charge in [-0.15, -0.1) is 24.5 Å². The maximum Gasteiger partial charge on any atom is 0.573 e. The van der Waals surface area contributed by atoms with Gasteiger partial charge in [-0.2, -0.15) is 0 Å². The maximum atomic E-state index is 12.4. The number of nitrogens with one attached hydrogen (secondary N) is 1. The summed E-state index contributed by atoms with van der Waals surface area (Å²) in [6.07, 6.45) is -4.74. The summed E-state index contributed by atoms with van der Waals surface area (Å²) in [5.41, 5.74) is 0.857. The van der Waals surface area contributed by atoms with Crippen molar-refractivity contribution >= 4 is 17.0 Å². The second-order valence-electron chi connectivity index (χ2n) is 4.90. The number of hydrogen-bond acceptors (Lipinski definition) is 5. The standard InChI is InChI=1S/C16H13F3N2O2S/c1-10-12(21-15(22-10)14-7-4-8-24-14)9-20-11-5-2-3-6-13(11)23-16(17,18)19/h2-8,20H,9H2,1H3. The topological polar surface area (TPSA) is 47.3 Å². The molecule has 0 unspecified atom stereocenters. The molecule has 0 saturated carbocycles. The molecule has 0 bridgehead atoms. The van der Waals surface area contributed by atoms with Gasteiger partial charge in [0.1, 0.15) is 11.5 Å². The van der Waals surface area contributed by atoms with Crippen molar-refractivity contribution in [2.75, 3.05) is 5.32 Å². The molecular weight excluding hydrogens is 341 g/mol. The van der Waals surface area contributed by atoms with E-state index in [1.807, 2.05) is 17.5 Å². The van der Waals surface area contributed by atoms with Crippen molar-refractivity contribution in [2.24, 2.45) is 0 Å². The molecule has 4 nitrogen and oxygen atoms in total. The van der Waals surface area contributed by atoms with Gasteiger partial charge >= 0.3 is 6.36 Å². The van der Waals surface area contributed by atoms with Crippen LogP contribution >= 0.6 is 11.3 Å². The molecule has 24 heavy (non-hydrogen) atoms. The monoisotopic (exact) mass is 354 g/mol. The van der Waals surface area contributed by atoms with Crippen LogP contribution in [0.2, 0.25) is 0 Å². The number of benzene rings is 1. The summed E-state index contributed by atoms with van der Waals surface area (Å²) < 4.78 is 46.9. The number of aromatic nitrogens is 1. The minimum atomic E-state index is -4.74. The number of halogens is 3. The van der Waals surface area contributed by atoms with E-state index in [1.165, 1.54) is 29.5 Å². The Morgan fingerprint density at radius 1 is 1.21 bits per heavy atom. The summed E-state index contributed by atoms with van der Waals surface area (Å²) in [7, 11) is 0. The Bertz CT molecular complexity index is 813. The Balaban J connectivity index is 1.75. The van der Waals surface area contributed by atoms with Gasteiger partial charge in [-0.3, -0.25) is 0 Å². The number of rotatable bonds is 5. The van der Waals surface area contributed by atoms with Gasteiger partial charge in [0.05, 0.1) is 17.1 Å². The molecule has 0 aliphatic rings. The lowest BCUT2D eigenvalue weighted by atomic mass is 10.2. The van der Waals surface area contributed by atoms with Crippen LogP contribution in [-0.4, -0.2) is 11.3 Å². The molecule has 2 aromatic heterocycles. The predicted octanol–water partition coefficient (Wildman–Crippen LogP) is 5.22. The second-order valence-corrected chi connectivity index (χ2v) is 5.84. The van der Waals surface area contributed by atoms with Gasteiger partial charge in [0.15, 0.2) is 5.75 Å². The van der Waals surface area contributed by atoms with Crippen molar-refractivity contribution in [1.82, 2.24) is 4.98 Å². The summed E-state index contributed by atoms with van der Waals surface area (Å²) in [5, 5.41) is 4.82. The summed E-state index contributed by atoms with van der Waals surface area (Å²) in [6.45, 7) is 1.98. The Morgan fingerprint density at radius 3 is 2.71 bits per heavy atom. The lowest BCUT2D eigenvalue weighted by molar-refractivity contribution is -0.274. The lowest BCUT2D eigenvalue weighted by Gasteiger charge is -2.13. The smallest absolute Gasteiger partial charge is 0.440 e. The fourth-order valence-corrected chi connectivity index (χ4v) is 2.75. The molecule has 1 aromatic carbocycles. The van der Waals surface area contributed by atoms with Crippen LogP contribution in [0.5, 0.6) is 5.75 Å². The quantitative estimate of drug-likeness (QED) is 0.682. The van der Waals surface area contributed by atoms with Crippen LogP contribution in [0, 0.1) is 6.92 Å². The van der Waals surface area contributed by atoms with Crippen LogP contribution in [0.1, 0.15) is 11.5 Å². The zero-order valence-corrected chi connectivity index (χ0v) is 13.4. The Morgan fingerprint density at radius 2 is 2.00 bits per heavy atom. The van der Waals surface area contributed by atoms with Crippen molar-refractivity contribution in [3.63, 3.8) is 0 Å².